The van der Waals surface area contributed by atoms with Crippen molar-refractivity contribution in [3.05, 3.63) is 12.7 Å². The van der Waals surface area contributed by atoms with Crippen LogP contribution in [-0.4, -0.2) is 23.1 Å². The summed E-state index contributed by atoms with van der Waals surface area (Å²) in [5.41, 5.74) is 0. The zero-order chi connectivity index (χ0) is 6.41. The Hall–Kier alpha value is -0.613. The van der Waals surface area contributed by atoms with Crippen molar-refractivity contribution in [1.82, 2.24) is 0 Å². The lowest BCUT2D eigenvalue weighted by Gasteiger charge is -1.95. The van der Waals surface area contributed by atoms with Crippen LogP contribution in [0.2, 0.25) is 0 Å². The highest BCUT2D eigenvalue weighted by Gasteiger charge is 1.90. The van der Waals surface area contributed by atoms with E-state index in [0.717, 1.165) is 6.08 Å². The van der Waals surface area contributed by atoms with E-state index < -0.39 is 16.0 Å². The van der Waals surface area contributed by atoms with Gasteiger partial charge in [-0.25, -0.2) is 4.79 Å². The van der Waals surface area contributed by atoms with Crippen LogP contribution in [0.1, 0.15) is 0 Å². The highest BCUT2D eigenvalue weighted by molar-refractivity contribution is 6.23. The normalized spacial score (nSPS) is 9.62. The van der Waals surface area contributed by atoms with Crippen LogP contribution in [0.4, 0.5) is 0 Å². The van der Waals surface area contributed by atoms with Gasteiger partial charge in [0, 0.05) is 13.2 Å². The number of hydrogen-bond donors (Lipinski definition) is 0. The third-order valence-electron chi connectivity index (χ3n) is 0.486. The third kappa shape index (κ3) is 3.57. The average Bonchev–Trinajstić information content (AvgIpc) is 1.83. The van der Waals surface area contributed by atoms with E-state index in [1.807, 2.05) is 0 Å². The SMILES string of the molecule is C=CC(=O)O[SiH2]OC. The molecule has 46 valence electrons. The van der Waals surface area contributed by atoms with E-state index in [2.05, 4.69) is 15.4 Å². The zero-order valence-electron chi connectivity index (χ0n) is 4.72. The van der Waals surface area contributed by atoms with Gasteiger partial charge in [-0.2, -0.15) is 0 Å². The van der Waals surface area contributed by atoms with Crippen molar-refractivity contribution in [3.8, 4) is 0 Å². The molecule has 0 aliphatic rings. The summed E-state index contributed by atoms with van der Waals surface area (Å²) in [6.07, 6.45) is 1.12. The lowest BCUT2D eigenvalue weighted by molar-refractivity contribution is -0.129. The Kier molecular flexibility index (Phi) is 4.20. The van der Waals surface area contributed by atoms with Gasteiger partial charge in [-0.1, -0.05) is 6.58 Å². The fraction of sp³-hybridized carbons (Fsp3) is 0.250. The Morgan fingerprint density at radius 1 is 1.88 bits per heavy atom. The molecule has 0 aliphatic heterocycles. The van der Waals surface area contributed by atoms with E-state index in [-0.39, 0.29) is 0 Å². The molecule has 0 saturated heterocycles. The quantitative estimate of drug-likeness (QED) is 0.378. The van der Waals surface area contributed by atoms with E-state index >= 15 is 0 Å². The molecule has 8 heavy (non-hydrogen) atoms. The topological polar surface area (TPSA) is 35.5 Å². The Labute approximate surface area is 50.4 Å². The fourth-order valence-corrected chi connectivity index (χ4v) is 0.528. The second kappa shape index (κ2) is 4.54. The van der Waals surface area contributed by atoms with Crippen molar-refractivity contribution < 1.29 is 13.6 Å². The van der Waals surface area contributed by atoms with Gasteiger partial charge in [0.15, 0.2) is 0 Å². The predicted octanol–water partition coefficient (Wildman–Crippen LogP) is -0.639. The molecule has 0 aromatic carbocycles. The molecule has 0 bridgehead atoms. The first-order valence-electron chi connectivity index (χ1n) is 2.09. The monoisotopic (exact) mass is 132 g/mol. The molecule has 0 rings (SSSR count). The van der Waals surface area contributed by atoms with Crippen molar-refractivity contribution in [2.75, 3.05) is 7.11 Å². The van der Waals surface area contributed by atoms with E-state index in [0.29, 0.717) is 0 Å². The molecule has 0 spiro atoms. The number of carbonyl (C=O) groups is 1. The van der Waals surface area contributed by atoms with E-state index in [1.165, 1.54) is 7.11 Å². The zero-order valence-corrected chi connectivity index (χ0v) is 6.13. The molecule has 3 nitrogen and oxygen atoms in total. The summed E-state index contributed by atoms with van der Waals surface area (Å²) in [6.45, 7) is 3.21. The van der Waals surface area contributed by atoms with E-state index in [1.54, 1.807) is 0 Å². The molecule has 0 fully saturated rings. The van der Waals surface area contributed by atoms with Gasteiger partial charge in [0.2, 0.25) is 0 Å². The van der Waals surface area contributed by atoms with Crippen LogP contribution in [0.15, 0.2) is 12.7 Å². The second-order valence-corrected chi connectivity index (χ2v) is 2.18. The molecule has 0 unspecified atom stereocenters. The minimum Gasteiger partial charge on any atom is -0.496 e. The molecule has 0 aliphatic carbocycles. The van der Waals surface area contributed by atoms with E-state index in [4.69, 9.17) is 0 Å². The van der Waals surface area contributed by atoms with Gasteiger partial charge in [-0.15, -0.1) is 0 Å². The molecule has 0 aromatic rings. The van der Waals surface area contributed by atoms with Gasteiger partial charge in [-0.05, 0) is 0 Å². The average molecular weight is 132 g/mol. The molecular formula is C4H8O3Si. The molecular weight excluding hydrogens is 124 g/mol. The molecule has 0 saturated carbocycles. The highest BCUT2D eigenvalue weighted by atomic mass is 28.3. The molecule has 0 atom stereocenters. The van der Waals surface area contributed by atoms with E-state index in [9.17, 15) is 4.79 Å². The van der Waals surface area contributed by atoms with Gasteiger partial charge in [-0.3, -0.25) is 0 Å². The van der Waals surface area contributed by atoms with Gasteiger partial charge < -0.3 is 8.85 Å². The third-order valence-corrected chi connectivity index (χ3v) is 1.12. The summed E-state index contributed by atoms with van der Waals surface area (Å²) in [4.78, 5) is 10.2. The summed E-state index contributed by atoms with van der Waals surface area (Å²) < 4.78 is 9.06. The fourth-order valence-electron chi connectivity index (χ4n) is 0.176. The van der Waals surface area contributed by atoms with Crippen LogP contribution in [0.25, 0.3) is 0 Å². The molecule has 0 amide bonds. The van der Waals surface area contributed by atoms with Crippen molar-refractivity contribution in [1.29, 1.82) is 0 Å². The summed E-state index contributed by atoms with van der Waals surface area (Å²) in [5, 5.41) is 0. The van der Waals surface area contributed by atoms with Crippen LogP contribution in [-0.2, 0) is 13.6 Å². The summed E-state index contributed by atoms with van der Waals surface area (Å²) >= 11 is 0. The van der Waals surface area contributed by atoms with Gasteiger partial charge in [0.05, 0.1) is 0 Å². The highest BCUT2D eigenvalue weighted by Crippen LogP contribution is 1.74. The molecule has 0 radical (unpaired) electrons. The number of hydrogen-bond acceptors (Lipinski definition) is 3. The molecule has 0 N–H and O–H groups in total. The molecule has 0 heterocycles. The summed E-state index contributed by atoms with van der Waals surface area (Å²) in [5.74, 6) is -0.404. The number of carbonyl (C=O) groups excluding carboxylic acids is 1. The predicted molar refractivity (Wildman–Crippen MR) is 31.8 cm³/mol. The van der Waals surface area contributed by atoms with Crippen LogP contribution in [0.5, 0.6) is 0 Å². The minimum atomic E-state index is -1.06. The van der Waals surface area contributed by atoms with Crippen LogP contribution < -0.4 is 0 Å². The van der Waals surface area contributed by atoms with Crippen molar-refractivity contribution in [3.63, 3.8) is 0 Å². The first kappa shape index (κ1) is 7.39. The number of rotatable bonds is 3. The van der Waals surface area contributed by atoms with Crippen LogP contribution in [0.3, 0.4) is 0 Å². The maximum atomic E-state index is 10.2. The van der Waals surface area contributed by atoms with Gasteiger partial charge in [0.25, 0.3) is 0 Å². The standard InChI is InChI=1S/C4H8O3Si/c1-3-4(5)7-8-6-2/h3H,1,8H2,2H3. The second-order valence-electron chi connectivity index (χ2n) is 1.07. The lowest BCUT2D eigenvalue weighted by atomic mass is 10.7. The lowest BCUT2D eigenvalue weighted by Crippen LogP contribution is -2.06. The van der Waals surface area contributed by atoms with Crippen LogP contribution >= 0.6 is 0 Å². The van der Waals surface area contributed by atoms with Crippen molar-refractivity contribution in [2.24, 2.45) is 0 Å². The summed E-state index contributed by atoms with van der Waals surface area (Å²) in [6, 6.07) is 0. The Morgan fingerprint density at radius 2 is 2.50 bits per heavy atom. The largest absolute Gasteiger partial charge is 0.496 e. The Morgan fingerprint density at radius 3 is 2.88 bits per heavy atom. The smallest absolute Gasteiger partial charge is 0.369 e. The maximum Gasteiger partial charge on any atom is 0.369 e. The molecule has 0 aromatic heterocycles. The van der Waals surface area contributed by atoms with Crippen molar-refractivity contribution in [2.45, 2.75) is 0 Å². The first-order chi connectivity index (χ1) is 3.81. The van der Waals surface area contributed by atoms with Crippen molar-refractivity contribution >= 4 is 16.0 Å². The molecule has 4 heteroatoms. The van der Waals surface area contributed by atoms with Gasteiger partial charge in [0.1, 0.15) is 0 Å². The van der Waals surface area contributed by atoms with Crippen LogP contribution in [0, 0.1) is 0 Å². The Balaban J connectivity index is 3.11. The Bertz CT molecular complexity index is 91.3. The minimum absolute atomic E-state index is 0.404. The first-order valence-corrected chi connectivity index (χ1v) is 3.25. The van der Waals surface area contributed by atoms with Gasteiger partial charge >= 0.3 is 16.0 Å². The maximum absolute atomic E-state index is 10.2. The summed E-state index contributed by atoms with van der Waals surface area (Å²) in [7, 11) is 0.445.